The number of aromatic carboxylic acids is 1. The number of phenolic OH excluding ortho intramolecular Hbond substituents is 1. The van der Waals surface area contributed by atoms with E-state index < -0.39 is 28.8 Å². The molecule has 0 amide bonds. The largest absolute Gasteiger partial charge is 0.504 e. The molecule has 3 aromatic carbocycles. The van der Waals surface area contributed by atoms with Crippen molar-refractivity contribution < 1.29 is 28.5 Å². The average molecular weight is 488 g/mol. The van der Waals surface area contributed by atoms with E-state index in [0.29, 0.717) is 40.9 Å². The summed E-state index contributed by atoms with van der Waals surface area (Å²) in [6.45, 7) is 0. The maximum atomic E-state index is 14.7. The zero-order chi connectivity index (χ0) is 25.6. The van der Waals surface area contributed by atoms with Crippen LogP contribution in [-0.2, 0) is 5.41 Å². The molecule has 8 heteroatoms. The van der Waals surface area contributed by atoms with Gasteiger partial charge in [0, 0.05) is 34.8 Å². The lowest BCUT2D eigenvalue weighted by atomic mass is 9.63. The third-order valence-electron chi connectivity index (χ3n) is 7.10. The van der Waals surface area contributed by atoms with Crippen molar-refractivity contribution in [1.29, 1.82) is 5.26 Å². The van der Waals surface area contributed by atoms with Crippen LogP contribution in [0.15, 0.2) is 54.6 Å². The molecule has 0 bridgehead atoms. The third kappa shape index (κ3) is 3.47. The summed E-state index contributed by atoms with van der Waals surface area (Å²) in [7, 11) is 1.36. The zero-order valence-electron chi connectivity index (χ0n) is 19.4. The number of aromatic nitrogens is 1. The van der Waals surface area contributed by atoms with Gasteiger partial charge in [0.15, 0.2) is 23.1 Å². The Morgan fingerprint density at radius 3 is 2.39 bits per heavy atom. The zero-order valence-corrected chi connectivity index (χ0v) is 19.4. The number of nitriles is 1. The molecule has 1 saturated carbocycles. The Morgan fingerprint density at radius 1 is 1.11 bits per heavy atom. The molecule has 182 valence electrons. The fourth-order valence-electron chi connectivity index (χ4n) is 5.21. The summed E-state index contributed by atoms with van der Waals surface area (Å²) in [6, 6.07) is 15.5. The third-order valence-corrected chi connectivity index (χ3v) is 7.10. The summed E-state index contributed by atoms with van der Waals surface area (Å²) in [5.41, 5.74) is 2.24. The van der Waals surface area contributed by atoms with Gasteiger partial charge in [-0.15, -0.1) is 0 Å². The number of halogens is 2. The van der Waals surface area contributed by atoms with Gasteiger partial charge in [0.25, 0.3) is 0 Å². The standard InChI is InChI=1S/C28H22F2N2O4/c1-36-22-15-18(7-8-19(22)29)32-21-10-9-20(30)25(33)24(21)23(16-3-5-17(6-4-16)27(34)35)26(32)28(13-14-31)11-2-12-28/h3-10,15,33H,2,11-13H2,1H3,(H,34,35). The highest BCUT2D eigenvalue weighted by Crippen LogP contribution is 2.54. The van der Waals surface area contributed by atoms with E-state index in [1.165, 1.54) is 37.4 Å². The molecule has 5 rings (SSSR count). The quantitative estimate of drug-likeness (QED) is 0.331. The second kappa shape index (κ2) is 8.68. The Hall–Kier alpha value is -4.38. The van der Waals surface area contributed by atoms with Gasteiger partial charge in [-0.3, -0.25) is 0 Å². The molecule has 6 nitrogen and oxygen atoms in total. The molecule has 0 aliphatic heterocycles. The number of hydrogen-bond acceptors (Lipinski definition) is 4. The van der Waals surface area contributed by atoms with E-state index in [1.54, 1.807) is 18.2 Å². The van der Waals surface area contributed by atoms with Crippen molar-refractivity contribution >= 4 is 16.9 Å². The number of fused-ring (bicyclic) bond motifs is 1. The molecule has 0 saturated heterocycles. The van der Waals surface area contributed by atoms with Gasteiger partial charge in [0.1, 0.15) is 0 Å². The minimum atomic E-state index is -1.09. The molecule has 4 aromatic rings. The van der Waals surface area contributed by atoms with Gasteiger partial charge in [-0.2, -0.15) is 5.26 Å². The monoisotopic (exact) mass is 488 g/mol. The first-order chi connectivity index (χ1) is 17.3. The van der Waals surface area contributed by atoms with Crippen LogP contribution in [0, 0.1) is 23.0 Å². The molecule has 0 radical (unpaired) electrons. The van der Waals surface area contributed by atoms with Gasteiger partial charge in [-0.25, -0.2) is 13.6 Å². The normalized spacial score (nSPS) is 14.3. The smallest absolute Gasteiger partial charge is 0.335 e. The number of carboxylic acid groups (broad SMARTS) is 1. The lowest BCUT2D eigenvalue weighted by Gasteiger charge is -2.42. The van der Waals surface area contributed by atoms with Crippen molar-refractivity contribution in [2.45, 2.75) is 31.1 Å². The Labute approximate surface area is 205 Å². The van der Waals surface area contributed by atoms with Crippen molar-refractivity contribution in [2.24, 2.45) is 0 Å². The predicted octanol–water partition coefficient (Wildman–Crippen LogP) is 6.32. The summed E-state index contributed by atoms with van der Waals surface area (Å²) in [5, 5.41) is 30.3. The van der Waals surface area contributed by atoms with Gasteiger partial charge < -0.3 is 19.5 Å². The summed E-state index contributed by atoms with van der Waals surface area (Å²) in [6.07, 6.45) is 2.45. The Kier molecular flexibility index (Phi) is 5.64. The predicted molar refractivity (Wildman–Crippen MR) is 130 cm³/mol. The Balaban J connectivity index is 1.94. The van der Waals surface area contributed by atoms with Crippen LogP contribution >= 0.6 is 0 Å². The molecule has 1 fully saturated rings. The number of rotatable bonds is 6. The molecule has 36 heavy (non-hydrogen) atoms. The Bertz CT molecular complexity index is 1550. The number of hydrogen-bond donors (Lipinski definition) is 2. The van der Waals surface area contributed by atoms with Gasteiger partial charge in [-0.05, 0) is 54.8 Å². The second-order valence-corrected chi connectivity index (χ2v) is 9.02. The number of carbonyl (C=O) groups is 1. The minimum absolute atomic E-state index is 0.0157. The molecule has 2 N–H and O–H groups in total. The molecule has 0 unspecified atom stereocenters. The number of nitrogens with zero attached hydrogens (tertiary/aromatic N) is 2. The first kappa shape index (κ1) is 23.4. The molecule has 1 aliphatic carbocycles. The first-order valence-electron chi connectivity index (χ1n) is 11.4. The van der Waals surface area contributed by atoms with Gasteiger partial charge in [0.2, 0.25) is 0 Å². The van der Waals surface area contributed by atoms with E-state index in [2.05, 4.69) is 6.07 Å². The van der Waals surface area contributed by atoms with Crippen LogP contribution in [0.4, 0.5) is 8.78 Å². The van der Waals surface area contributed by atoms with E-state index in [0.717, 1.165) is 12.5 Å². The molecular weight excluding hydrogens is 466 g/mol. The molecule has 1 heterocycles. The number of aromatic hydroxyl groups is 1. The van der Waals surface area contributed by atoms with Crippen LogP contribution in [0.3, 0.4) is 0 Å². The summed E-state index contributed by atoms with van der Waals surface area (Å²) in [5.74, 6) is -2.98. The van der Waals surface area contributed by atoms with Crippen LogP contribution in [0.1, 0.15) is 41.7 Å². The molecule has 0 spiro atoms. The lowest BCUT2D eigenvalue weighted by molar-refractivity contribution is 0.0697. The maximum Gasteiger partial charge on any atom is 0.335 e. The summed E-state index contributed by atoms with van der Waals surface area (Å²) in [4.78, 5) is 11.4. The van der Waals surface area contributed by atoms with Gasteiger partial charge in [-0.1, -0.05) is 18.6 Å². The van der Waals surface area contributed by atoms with Crippen molar-refractivity contribution in [2.75, 3.05) is 7.11 Å². The second-order valence-electron chi connectivity index (χ2n) is 9.02. The summed E-state index contributed by atoms with van der Waals surface area (Å²) >= 11 is 0. The minimum Gasteiger partial charge on any atom is -0.504 e. The van der Waals surface area contributed by atoms with E-state index in [9.17, 15) is 29.1 Å². The molecule has 1 aromatic heterocycles. The van der Waals surface area contributed by atoms with E-state index >= 15 is 0 Å². The number of carboxylic acids is 1. The van der Waals surface area contributed by atoms with Crippen molar-refractivity contribution in [3.05, 3.63) is 77.5 Å². The van der Waals surface area contributed by atoms with Crippen molar-refractivity contribution in [3.8, 4) is 34.4 Å². The van der Waals surface area contributed by atoms with Crippen LogP contribution in [0.25, 0.3) is 27.7 Å². The van der Waals surface area contributed by atoms with E-state index in [4.69, 9.17) is 4.74 Å². The van der Waals surface area contributed by atoms with Crippen LogP contribution in [0.2, 0.25) is 0 Å². The topological polar surface area (TPSA) is 95.5 Å². The first-order valence-corrected chi connectivity index (χ1v) is 11.4. The summed E-state index contributed by atoms with van der Waals surface area (Å²) < 4.78 is 36.0. The number of benzene rings is 3. The Morgan fingerprint density at radius 2 is 1.81 bits per heavy atom. The number of methoxy groups -OCH3 is 1. The van der Waals surface area contributed by atoms with Gasteiger partial charge in [0.05, 0.1) is 29.6 Å². The van der Waals surface area contributed by atoms with Crippen LogP contribution in [-0.4, -0.2) is 27.9 Å². The highest BCUT2D eigenvalue weighted by Gasteiger charge is 2.44. The average Bonchev–Trinajstić information content (AvgIpc) is 3.20. The van der Waals surface area contributed by atoms with Crippen LogP contribution in [0.5, 0.6) is 11.5 Å². The van der Waals surface area contributed by atoms with E-state index in [1.807, 2.05) is 4.57 Å². The van der Waals surface area contributed by atoms with Gasteiger partial charge >= 0.3 is 5.97 Å². The SMILES string of the molecule is COc1cc(-n2c(C3(CC#N)CCC3)c(-c3ccc(C(=O)O)cc3)c3c(O)c(F)ccc32)ccc1F. The van der Waals surface area contributed by atoms with Crippen LogP contribution < -0.4 is 4.74 Å². The maximum absolute atomic E-state index is 14.7. The van der Waals surface area contributed by atoms with E-state index in [-0.39, 0.29) is 23.1 Å². The highest BCUT2D eigenvalue weighted by atomic mass is 19.1. The molecule has 1 aliphatic rings. The van der Waals surface area contributed by atoms with Crippen molar-refractivity contribution in [1.82, 2.24) is 4.57 Å². The molecule has 0 atom stereocenters. The number of phenols is 1. The highest BCUT2D eigenvalue weighted by molar-refractivity contribution is 6.04. The number of ether oxygens (including phenoxy) is 1. The lowest BCUT2D eigenvalue weighted by Crippen LogP contribution is -2.36. The van der Waals surface area contributed by atoms with Crippen molar-refractivity contribution in [3.63, 3.8) is 0 Å². The fourth-order valence-corrected chi connectivity index (χ4v) is 5.21. The fraction of sp³-hybridized carbons (Fsp3) is 0.214. The molecular formula is C28H22F2N2O4.